The minimum absolute atomic E-state index is 0.0214. The van der Waals surface area contributed by atoms with E-state index < -0.39 is 11.6 Å². The Balaban J connectivity index is 0.0000000943. The van der Waals surface area contributed by atoms with Crippen LogP contribution >= 0.6 is 0 Å². The summed E-state index contributed by atoms with van der Waals surface area (Å²) in [5, 5.41) is 23.2. The maximum absolute atomic E-state index is 13.2. The molecular formula is C81H66N10O7. The van der Waals surface area contributed by atoms with Crippen molar-refractivity contribution in [1.82, 2.24) is 48.3 Å². The summed E-state index contributed by atoms with van der Waals surface area (Å²) < 4.78 is 39.9. The molecule has 8 aliphatic rings. The van der Waals surface area contributed by atoms with Crippen LogP contribution in [0, 0.1) is 5.41 Å². The van der Waals surface area contributed by atoms with Crippen LogP contribution in [0.25, 0.3) is 131 Å². The number of fused-ring (bicyclic) bond motifs is 29. The van der Waals surface area contributed by atoms with Crippen LogP contribution < -0.4 is 16.0 Å². The van der Waals surface area contributed by atoms with Gasteiger partial charge in [-0.05, 0) is 91.9 Å². The standard InChI is InChI=1S/C28H25N3O3.C27H23N3O3.C26H18N4O/c1-27(2)33-14-28(15-34-27)12-30-19-9-5-3-7-16(19)21-18-11-29-26(32)23(18)22-17-8-4-6-10-20(17)31(13-28)25(22)24(21)30;1-27(2)32-19-12-29-17-9-5-3-7-14(17)21-16-11-28-26(31)23(16)22-15-8-4-6-10-18(15)30(13-20(19)33-27)25(22)24(21)29;31-26-23-18(11-28-26)21-16-5-1-3-7-19(16)29-12-14-9-27-10-15(14)13-30-20-8-4-2-6-17(20)22(23)25(30)24(21)29/h3-10H,11-15H2,1-2H3,(H,29,32);3-10,19-20H,11-13H2,1-2H3,(H,28,31);1-10,27H,11-13H2,(H,28,31)/t;19-,20-;/m.1./s1. The van der Waals surface area contributed by atoms with Crippen molar-refractivity contribution in [2.45, 2.75) is 110 Å². The maximum Gasteiger partial charge on any atom is 0.252 e. The predicted molar refractivity (Wildman–Crippen MR) is 382 cm³/mol. The molecule has 2 saturated heterocycles. The molecule has 3 amide bonds. The molecule has 0 unspecified atom stereocenters. The van der Waals surface area contributed by atoms with Gasteiger partial charge in [-0.3, -0.25) is 14.4 Å². The van der Waals surface area contributed by atoms with Gasteiger partial charge in [-0.2, -0.15) is 0 Å². The van der Waals surface area contributed by atoms with E-state index in [0.717, 1.165) is 120 Å². The first kappa shape index (κ1) is 55.4. The first-order valence-corrected chi connectivity index (χ1v) is 34.3. The van der Waals surface area contributed by atoms with E-state index in [2.05, 4.69) is 206 Å². The maximum atomic E-state index is 13.2. The Morgan fingerprint density at radius 1 is 0.367 bits per heavy atom. The fourth-order valence-corrected chi connectivity index (χ4v) is 19.2. The van der Waals surface area contributed by atoms with E-state index in [1.165, 1.54) is 87.6 Å². The lowest BCUT2D eigenvalue weighted by molar-refractivity contribution is -0.289. The van der Waals surface area contributed by atoms with Gasteiger partial charge < -0.3 is 67.3 Å². The van der Waals surface area contributed by atoms with E-state index in [-0.39, 0.29) is 35.3 Å². The molecule has 98 heavy (non-hydrogen) atoms. The van der Waals surface area contributed by atoms with Crippen LogP contribution in [0.5, 0.6) is 0 Å². The van der Waals surface area contributed by atoms with Crippen LogP contribution in [0.1, 0.15) is 86.6 Å². The van der Waals surface area contributed by atoms with E-state index in [4.69, 9.17) is 18.9 Å². The quantitative estimate of drug-likeness (QED) is 0.117. The van der Waals surface area contributed by atoms with Gasteiger partial charge in [-0.25, -0.2) is 0 Å². The lowest BCUT2D eigenvalue weighted by Crippen LogP contribution is -2.50. The highest BCUT2D eigenvalue weighted by Crippen LogP contribution is 2.52. The van der Waals surface area contributed by atoms with Gasteiger partial charge in [-0.15, -0.1) is 0 Å². The Bertz CT molecular complexity index is 6380. The molecule has 0 bridgehead atoms. The van der Waals surface area contributed by atoms with Crippen molar-refractivity contribution >= 4 is 149 Å². The van der Waals surface area contributed by atoms with Crippen molar-refractivity contribution in [2.24, 2.45) is 5.41 Å². The van der Waals surface area contributed by atoms with Crippen LogP contribution in [-0.2, 0) is 77.9 Å². The SMILES string of the molecule is CC1(C)OCC2(CO1)Cn1c3ccccc3c3c4c(c5c6ccccc6n(c5c31)C2)C(=O)NC4.CC1(C)O[C@@H]2Cn3c4ccccc4c4c5c(c6c7ccccc7n(c6c43)C[C@H]2O1)C(=O)NC5.O=C1NCc2c1c1c3ccccc3n3c1c1c2c2ccccc2n1Cc1c[nH]cc1C3. The summed E-state index contributed by atoms with van der Waals surface area (Å²) in [6, 6.07) is 51.2. The highest BCUT2D eigenvalue weighted by Gasteiger charge is 2.47. The second-order valence-electron chi connectivity index (χ2n) is 29.3. The molecule has 17 heteroatoms. The van der Waals surface area contributed by atoms with E-state index >= 15 is 0 Å². The number of amides is 3. The molecule has 0 radical (unpaired) electrons. The van der Waals surface area contributed by atoms with E-state index in [1.807, 2.05) is 27.7 Å². The normalized spacial score (nSPS) is 19.8. The fourth-order valence-electron chi connectivity index (χ4n) is 19.2. The van der Waals surface area contributed by atoms with E-state index in [0.29, 0.717) is 39.4 Å². The molecule has 17 nitrogen and oxygen atoms in total. The number of carbonyl (C=O) groups is 3. The predicted octanol–water partition coefficient (Wildman–Crippen LogP) is 14.5. The Labute approximate surface area is 558 Å². The van der Waals surface area contributed by atoms with Crippen LogP contribution in [0.2, 0.25) is 0 Å². The third kappa shape index (κ3) is 7.20. The second kappa shape index (κ2) is 19.1. The number of ether oxygens (including phenoxy) is 4. The van der Waals surface area contributed by atoms with Crippen molar-refractivity contribution in [1.29, 1.82) is 0 Å². The largest absolute Gasteiger partial charge is 0.367 e. The molecule has 9 aromatic carbocycles. The molecule has 0 saturated carbocycles. The summed E-state index contributed by atoms with van der Waals surface area (Å²) in [6.07, 6.45) is 4.11. The van der Waals surface area contributed by atoms with Gasteiger partial charge in [0.15, 0.2) is 11.6 Å². The third-order valence-electron chi connectivity index (χ3n) is 23.1. The lowest BCUT2D eigenvalue weighted by Gasteiger charge is -2.43. The number of carbonyl (C=O) groups excluding carboxylic acids is 3. The zero-order valence-corrected chi connectivity index (χ0v) is 54.5. The number of nitrogens with one attached hydrogen (secondary N) is 4. The minimum Gasteiger partial charge on any atom is -0.367 e. The topological polar surface area (TPSA) is 170 Å². The summed E-state index contributed by atoms with van der Waals surface area (Å²) in [5.74, 6) is -1.11. The number of aromatic amines is 1. The number of nitrogens with zero attached hydrogens (tertiary/aromatic N) is 6. The molecule has 1 spiro atoms. The van der Waals surface area contributed by atoms with Gasteiger partial charge in [-0.1, -0.05) is 109 Å². The number of benzene rings is 9. The van der Waals surface area contributed by atoms with Gasteiger partial charge in [0, 0.05) is 143 Å². The Morgan fingerprint density at radius 3 is 1.05 bits per heavy atom. The molecular weight excluding hydrogens is 1220 g/mol. The van der Waals surface area contributed by atoms with Gasteiger partial charge in [0.2, 0.25) is 0 Å². The number of aromatic nitrogens is 7. The van der Waals surface area contributed by atoms with Crippen molar-refractivity contribution in [3.05, 3.63) is 202 Å². The Morgan fingerprint density at radius 2 is 0.663 bits per heavy atom. The molecule has 2 fully saturated rings. The van der Waals surface area contributed by atoms with Crippen molar-refractivity contribution < 1.29 is 33.3 Å². The monoisotopic (exact) mass is 1290 g/mol. The number of hydrogen-bond acceptors (Lipinski definition) is 7. The highest BCUT2D eigenvalue weighted by atomic mass is 16.8. The first-order valence-electron chi connectivity index (χ1n) is 34.3. The van der Waals surface area contributed by atoms with Crippen molar-refractivity contribution in [2.75, 3.05) is 13.2 Å². The number of para-hydroxylation sites is 6. The minimum atomic E-state index is -0.627. The number of hydrogen-bond donors (Lipinski definition) is 4. The van der Waals surface area contributed by atoms with Gasteiger partial charge in [0.1, 0.15) is 12.2 Å². The number of rotatable bonds is 0. The first-order chi connectivity index (χ1) is 47.8. The molecule has 7 aromatic heterocycles. The molecule has 4 N–H and O–H groups in total. The summed E-state index contributed by atoms with van der Waals surface area (Å²) in [7, 11) is 0. The summed E-state index contributed by atoms with van der Waals surface area (Å²) in [4.78, 5) is 42.9. The molecule has 0 aliphatic carbocycles. The molecule has 16 aromatic rings. The van der Waals surface area contributed by atoms with Gasteiger partial charge in [0.05, 0.1) is 94.6 Å². The van der Waals surface area contributed by atoms with Crippen LogP contribution in [-0.4, -0.2) is 87.1 Å². The second-order valence-corrected chi connectivity index (χ2v) is 29.3. The van der Waals surface area contributed by atoms with Crippen molar-refractivity contribution in [3.8, 4) is 0 Å². The molecule has 24 rings (SSSR count). The summed E-state index contributed by atoms with van der Waals surface area (Å²) in [6.45, 7) is 15.5. The summed E-state index contributed by atoms with van der Waals surface area (Å²) in [5.41, 5.74) is 22.5. The van der Waals surface area contributed by atoms with Crippen molar-refractivity contribution in [3.63, 3.8) is 0 Å². The fraction of sp³-hybridized carbons (Fsp3) is 0.247. The summed E-state index contributed by atoms with van der Waals surface area (Å²) >= 11 is 0. The smallest absolute Gasteiger partial charge is 0.252 e. The van der Waals surface area contributed by atoms with Gasteiger partial charge in [0.25, 0.3) is 17.7 Å². The Hall–Kier alpha value is -10.7. The zero-order chi connectivity index (χ0) is 65.1. The third-order valence-corrected chi connectivity index (χ3v) is 23.1. The average Bonchev–Trinajstić information content (AvgIpc) is 1.53. The van der Waals surface area contributed by atoms with E-state index in [1.54, 1.807) is 0 Å². The Kier molecular flexibility index (Phi) is 10.8. The van der Waals surface area contributed by atoms with Crippen LogP contribution in [0.4, 0.5) is 0 Å². The molecule has 15 heterocycles. The lowest BCUT2D eigenvalue weighted by atomic mass is 9.88. The van der Waals surface area contributed by atoms with Gasteiger partial charge >= 0.3 is 0 Å². The number of H-pyrrole nitrogens is 1. The average molecular weight is 1290 g/mol. The highest BCUT2D eigenvalue weighted by molar-refractivity contribution is 6.34. The van der Waals surface area contributed by atoms with Crippen LogP contribution in [0.3, 0.4) is 0 Å². The zero-order valence-electron chi connectivity index (χ0n) is 54.5. The molecule has 8 aliphatic heterocycles. The van der Waals surface area contributed by atoms with E-state index in [9.17, 15) is 14.4 Å². The van der Waals surface area contributed by atoms with Crippen LogP contribution in [0.15, 0.2) is 158 Å². The molecule has 2 atom stereocenters. The molecule has 482 valence electrons.